The summed E-state index contributed by atoms with van der Waals surface area (Å²) in [6, 6.07) is 6.27. The van der Waals surface area contributed by atoms with Gasteiger partial charge in [0.15, 0.2) is 0 Å². The highest BCUT2D eigenvalue weighted by Gasteiger charge is 2.21. The first-order valence-electron chi connectivity index (χ1n) is 8.18. The summed E-state index contributed by atoms with van der Waals surface area (Å²) < 4.78 is 11.8. The van der Waals surface area contributed by atoms with Crippen LogP contribution in [0.2, 0.25) is 0 Å². The minimum Gasteiger partial charge on any atom is -0.493 e. The van der Waals surface area contributed by atoms with Gasteiger partial charge in [0.1, 0.15) is 11.5 Å². The molecule has 0 radical (unpaired) electrons. The molecule has 0 saturated heterocycles. The first kappa shape index (κ1) is 16.2. The SMILES string of the molecule is CC(CC(C)Oc1ccc2c(c1)OCC2C)CC(C)(C)C. The van der Waals surface area contributed by atoms with Gasteiger partial charge in [-0.15, -0.1) is 0 Å². The molecule has 2 heteroatoms. The molecular formula is C19H30O2. The summed E-state index contributed by atoms with van der Waals surface area (Å²) >= 11 is 0. The number of fused-ring (bicyclic) bond motifs is 1. The number of benzene rings is 1. The van der Waals surface area contributed by atoms with Crippen LogP contribution in [0.3, 0.4) is 0 Å². The van der Waals surface area contributed by atoms with Crippen LogP contribution < -0.4 is 9.47 Å². The molecule has 0 bridgehead atoms. The molecule has 0 spiro atoms. The molecule has 0 N–H and O–H groups in total. The average molecular weight is 290 g/mol. The van der Waals surface area contributed by atoms with Gasteiger partial charge in [-0.3, -0.25) is 0 Å². The summed E-state index contributed by atoms with van der Waals surface area (Å²) in [7, 11) is 0. The maximum Gasteiger partial charge on any atom is 0.126 e. The number of rotatable bonds is 5. The first-order valence-corrected chi connectivity index (χ1v) is 8.18. The topological polar surface area (TPSA) is 18.5 Å². The van der Waals surface area contributed by atoms with E-state index in [-0.39, 0.29) is 6.10 Å². The van der Waals surface area contributed by atoms with Crippen LogP contribution in [-0.2, 0) is 0 Å². The lowest BCUT2D eigenvalue weighted by molar-refractivity contribution is 0.170. The van der Waals surface area contributed by atoms with E-state index in [1.54, 1.807) is 0 Å². The fraction of sp³-hybridized carbons (Fsp3) is 0.684. The van der Waals surface area contributed by atoms with Crippen molar-refractivity contribution in [2.75, 3.05) is 6.61 Å². The van der Waals surface area contributed by atoms with Crippen LogP contribution in [0.15, 0.2) is 18.2 Å². The number of ether oxygens (including phenoxy) is 2. The van der Waals surface area contributed by atoms with Gasteiger partial charge in [-0.1, -0.05) is 40.7 Å². The lowest BCUT2D eigenvalue weighted by Crippen LogP contribution is -2.19. The molecule has 3 unspecified atom stereocenters. The number of hydrogen-bond donors (Lipinski definition) is 0. The quantitative estimate of drug-likeness (QED) is 0.721. The van der Waals surface area contributed by atoms with E-state index in [1.165, 1.54) is 12.0 Å². The Morgan fingerprint density at radius 2 is 2.00 bits per heavy atom. The monoisotopic (exact) mass is 290 g/mol. The van der Waals surface area contributed by atoms with Crippen LogP contribution in [0, 0.1) is 11.3 Å². The molecule has 0 fully saturated rings. The van der Waals surface area contributed by atoms with Crippen molar-refractivity contribution in [3.63, 3.8) is 0 Å². The highest BCUT2D eigenvalue weighted by molar-refractivity contribution is 5.45. The van der Waals surface area contributed by atoms with Crippen LogP contribution in [0.4, 0.5) is 0 Å². The Morgan fingerprint density at radius 3 is 2.67 bits per heavy atom. The van der Waals surface area contributed by atoms with Crippen molar-refractivity contribution < 1.29 is 9.47 Å². The number of hydrogen-bond acceptors (Lipinski definition) is 2. The Morgan fingerprint density at radius 1 is 1.29 bits per heavy atom. The average Bonchev–Trinajstić information content (AvgIpc) is 2.67. The minimum absolute atomic E-state index is 0.235. The largest absolute Gasteiger partial charge is 0.493 e. The Bertz CT molecular complexity index is 473. The third kappa shape index (κ3) is 4.66. The van der Waals surface area contributed by atoms with E-state index in [0.717, 1.165) is 24.5 Å². The van der Waals surface area contributed by atoms with Crippen molar-refractivity contribution >= 4 is 0 Å². The summed E-state index contributed by atoms with van der Waals surface area (Å²) in [6.07, 6.45) is 2.55. The van der Waals surface area contributed by atoms with Crippen molar-refractivity contribution in [3.05, 3.63) is 23.8 Å². The van der Waals surface area contributed by atoms with Crippen LogP contribution in [-0.4, -0.2) is 12.7 Å². The van der Waals surface area contributed by atoms with E-state index < -0.39 is 0 Å². The maximum absolute atomic E-state index is 6.08. The van der Waals surface area contributed by atoms with E-state index in [0.29, 0.717) is 17.3 Å². The van der Waals surface area contributed by atoms with Crippen molar-refractivity contribution in [2.24, 2.45) is 11.3 Å². The molecule has 0 amide bonds. The third-order valence-corrected chi connectivity index (χ3v) is 4.04. The summed E-state index contributed by atoms with van der Waals surface area (Å²) in [5.41, 5.74) is 1.69. The second-order valence-corrected chi connectivity index (χ2v) is 7.95. The Labute approximate surface area is 129 Å². The second kappa shape index (κ2) is 6.29. The Hall–Kier alpha value is -1.18. The van der Waals surface area contributed by atoms with Gasteiger partial charge >= 0.3 is 0 Å². The van der Waals surface area contributed by atoms with Gasteiger partial charge in [0.05, 0.1) is 12.7 Å². The van der Waals surface area contributed by atoms with Crippen molar-refractivity contribution in [1.29, 1.82) is 0 Å². The van der Waals surface area contributed by atoms with Gasteiger partial charge in [0.25, 0.3) is 0 Å². The molecule has 2 nitrogen and oxygen atoms in total. The van der Waals surface area contributed by atoms with Gasteiger partial charge in [-0.05, 0) is 37.2 Å². The van der Waals surface area contributed by atoms with E-state index in [9.17, 15) is 0 Å². The molecule has 1 aromatic rings. The van der Waals surface area contributed by atoms with Crippen LogP contribution in [0.5, 0.6) is 11.5 Å². The lowest BCUT2D eigenvalue weighted by atomic mass is 9.83. The highest BCUT2D eigenvalue weighted by Crippen LogP contribution is 2.36. The molecule has 118 valence electrons. The van der Waals surface area contributed by atoms with Gasteiger partial charge in [-0.2, -0.15) is 0 Å². The predicted molar refractivity (Wildman–Crippen MR) is 88.3 cm³/mol. The third-order valence-electron chi connectivity index (χ3n) is 4.04. The van der Waals surface area contributed by atoms with E-state index in [1.807, 2.05) is 6.07 Å². The molecule has 1 aliphatic rings. The molecule has 2 rings (SSSR count). The molecule has 3 atom stereocenters. The van der Waals surface area contributed by atoms with Gasteiger partial charge < -0.3 is 9.47 Å². The van der Waals surface area contributed by atoms with E-state index in [2.05, 4.69) is 53.7 Å². The molecule has 0 aromatic heterocycles. The normalized spacial score (nSPS) is 20.6. The van der Waals surface area contributed by atoms with Gasteiger partial charge in [0, 0.05) is 17.5 Å². The van der Waals surface area contributed by atoms with Gasteiger partial charge in [0.2, 0.25) is 0 Å². The van der Waals surface area contributed by atoms with Crippen molar-refractivity contribution in [3.8, 4) is 11.5 Å². The minimum atomic E-state index is 0.235. The molecule has 1 aromatic carbocycles. The fourth-order valence-electron chi connectivity index (χ4n) is 3.40. The zero-order valence-electron chi connectivity index (χ0n) is 14.4. The van der Waals surface area contributed by atoms with E-state index >= 15 is 0 Å². The molecule has 21 heavy (non-hydrogen) atoms. The zero-order chi connectivity index (χ0) is 15.6. The van der Waals surface area contributed by atoms with Crippen molar-refractivity contribution in [2.45, 2.75) is 66.4 Å². The first-order chi connectivity index (χ1) is 9.74. The van der Waals surface area contributed by atoms with Crippen LogP contribution >= 0.6 is 0 Å². The molecule has 1 heterocycles. The van der Waals surface area contributed by atoms with E-state index in [4.69, 9.17) is 9.47 Å². The summed E-state index contributed by atoms with van der Waals surface area (Å²) in [4.78, 5) is 0. The standard InChI is InChI=1S/C19H30O2/c1-13(11-19(4,5)6)9-15(3)21-16-7-8-17-14(2)12-20-18(17)10-16/h7-8,10,13-15H,9,11-12H2,1-6H3. The molecule has 1 aliphatic heterocycles. The molecule has 0 aliphatic carbocycles. The maximum atomic E-state index is 6.08. The fourth-order valence-corrected chi connectivity index (χ4v) is 3.40. The predicted octanol–water partition coefficient (Wildman–Crippen LogP) is 5.41. The summed E-state index contributed by atoms with van der Waals surface area (Å²) in [6.45, 7) is 14.4. The van der Waals surface area contributed by atoms with Gasteiger partial charge in [-0.25, -0.2) is 0 Å². The van der Waals surface area contributed by atoms with Crippen LogP contribution in [0.25, 0.3) is 0 Å². The smallest absolute Gasteiger partial charge is 0.126 e. The molecule has 0 saturated carbocycles. The van der Waals surface area contributed by atoms with Crippen molar-refractivity contribution in [1.82, 2.24) is 0 Å². The Kier molecular flexibility index (Phi) is 4.85. The second-order valence-electron chi connectivity index (χ2n) is 7.95. The van der Waals surface area contributed by atoms with Crippen LogP contribution in [0.1, 0.15) is 65.9 Å². The highest BCUT2D eigenvalue weighted by atomic mass is 16.5. The molecular weight excluding hydrogens is 260 g/mol. The zero-order valence-corrected chi connectivity index (χ0v) is 14.4. The Balaban J connectivity index is 1.90. The summed E-state index contributed by atoms with van der Waals surface area (Å²) in [5.74, 6) is 3.09. The lowest BCUT2D eigenvalue weighted by Gasteiger charge is -2.25. The summed E-state index contributed by atoms with van der Waals surface area (Å²) in [5, 5.41) is 0.